The zero-order valence-corrected chi connectivity index (χ0v) is 14.4. The maximum absolute atomic E-state index is 5.89. The lowest BCUT2D eigenvalue weighted by Gasteiger charge is -2.16. The standard InChI is InChI=1S/C14H19Br2NO2/c1-9-3-4-11(19-9)8-18-14-12(15)5-10(7-17-2)6-13(14)16/h5-6,9,11,17H,3-4,7-8H2,1-2H3. The van der Waals surface area contributed by atoms with Gasteiger partial charge in [0.05, 0.1) is 21.2 Å². The van der Waals surface area contributed by atoms with E-state index < -0.39 is 0 Å². The van der Waals surface area contributed by atoms with E-state index >= 15 is 0 Å². The molecule has 0 aliphatic carbocycles. The number of halogens is 2. The molecule has 1 saturated heterocycles. The van der Waals surface area contributed by atoms with Gasteiger partial charge in [-0.05, 0) is 76.4 Å². The monoisotopic (exact) mass is 391 g/mol. The second-order valence-electron chi connectivity index (χ2n) is 4.88. The van der Waals surface area contributed by atoms with Crippen molar-refractivity contribution in [3.63, 3.8) is 0 Å². The number of hydrogen-bond donors (Lipinski definition) is 1. The maximum atomic E-state index is 5.89. The summed E-state index contributed by atoms with van der Waals surface area (Å²) in [5.41, 5.74) is 1.21. The van der Waals surface area contributed by atoms with Crippen molar-refractivity contribution in [2.45, 2.75) is 38.5 Å². The van der Waals surface area contributed by atoms with Crippen LogP contribution < -0.4 is 10.1 Å². The van der Waals surface area contributed by atoms with Gasteiger partial charge in [0.1, 0.15) is 12.4 Å². The molecule has 0 amide bonds. The molecule has 5 heteroatoms. The molecule has 1 aliphatic heterocycles. The van der Waals surface area contributed by atoms with E-state index in [4.69, 9.17) is 9.47 Å². The number of hydrogen-bond acceptors (Lipinski definition) is 3. The third kappa shape index (κ3) is 4.18. The minimum absolute atomic E-state index is 0.214. The summed E-state index contributed by atoms with van der Waals surface area (Å²) in [6, 6.07) is 4.16. The molecule has 0 saturated carbocycles. The normalized spacial score (nSPS) is 22.7. The molecule has 0 spiro atoms. The maximum Gasteiger partial charge on any atom is 0.147 e. The molecule has 1 N–H and O–H groups in total. The van der Waals surface area contributed by atoms with Crippen LogP contribution in [0.15, 0.2) is 21.1 Å². The van der Waals surface area contributed by atoms with Crippen LogP contribution in [0.25, 0.3) is 0 Å². The van der Waals surface area contributed by atoms with E-state index in [2.05, 4.69) is 56.2 Å². The van der Waals surface area contributed by atoms with Crippen molar-refractivity contribution in [1.82, 2.24) is 5.32 Å². The molecule has 1 aliphatic rings. The van der Waals surface area contributed by atoms with Gasteiger partial charge in [0.25, 0.3) is 0 Å². The average molecular weight is 393 g/mol. The Hall–Kier alpha value is -0.100. The summed E-state index contributed by atoms with van der Waals surface area (Å²) in [4.78, 5) is 0. The Morgan fingerprint density at radius 3 is 2.53 bits per heavy atom. The molecule has 0 radical (unpaired) electrons. The number of nitrogens with one attached hydrogen (secondary N) is 1. The van der Waals surface area contributed by atoms with E-state index in [0.29, 0.717) is 12.7 Å². The summed E-state index contributed by atoms with van der Waals surface area (Å²) < 4.78 is 13.6. The van der Waals surface area contributed by atoms with Crippen LogP contribution in [0.2, 0.25) is 0 Å². The quantitative estimate of drug-likeness (QED) is 0.824. The summed E-state index contributed by atoms with van der Waals surface area (Å²) in [5, 5.41) is 3.14. The van der Waals surface area contributed by atoms with Crippen molar-refractivity contribution in [2.75, 3.05) is 13.7 Å². The molecular weight excluding hydrogens is 374 g/mol. The molecule has 0 bridgehead atoms. The Morgan fingerprint density at radius 1 is 1.32 bits per heavy atom. The Bertz CT molecular complexity index is 416. The van der Waals surface area contributed by atoms with E-state index in [1.807, 2.05) is 7.05 Å². The fourth-order valence-corrected chi connectivity index (χ4v) is 3.75. The Kier molecular flexibility index (Phi) is 5.69. The zero-order chi connectivity index (χ0) is 13.8. The molecule has 1 heterocycles. The van der Waals surface area contributed by atoms with Crippen LogP contribution in [-0.2, 0) is 11.3 Å². The van der Waals surface area contributed by atoms with Crippen LogP contribution in [0.1, 0.15) is 25.3 Å². The highest BCUT2D eigenvalue weighted by Gasteiger charge is 2.23. The predicted molar refractivity (Wildman–Crippen MR) is 83.7 cm³/mol. The molecule has 1 aromatic rings. The van der Waals surface area contributed by atoms with Gasteiger partial charge in [-0.3, -0.25) is 0 Å². The van der Waals surface area contributed by atoms with Crippen molar-refractivity contribution < 1.29 is 9.47 Å². The summed E-state index contributed by atoms with van der Waals surface area (Å²) in [6.07, 6.45) is 2.77. The largest absolute Gasteiger partial charge is 0.489 e. The van der Waals surface area contributed by atoms with Crippen LogP contribution >= 0.6 is 31.9 Å². The van der Waals surface area contributed by atoms with E-state index in [9.17, 15) is 0 Å². The first-order chi connectivity index (χ1) is 9.10. The molecule has 2 rings (SSSR count). The highest BCUT2D eigenvalue weighted by Crippen LogP contribution is 2.35. The minimum Gasteiger partial charge on any atom is -0.489 e. The van der Waals surface area contributed by atoms with Gasteiger partial charge in [-0.1, -0.05) is 0 Å². The van der Waals surface area contributed by atoms with Crippen LogP contribution in [0.5, 0.6) is 5.75 Å². The first kappa shape index (κ1) is 15.3. The van der Waals surface area contributed by atoms with Crippen molar-refractivity contribution >= 4 is 31.9 Å². The Labute approximate surface area is 131 Å². The molecule has 106 valence electrons. The molecule has 2 atom stereocenters. The summed E-state index contributed by atoms with van der Waals surface area (Å²) in [7, 11) is 1.94. The molecule has 3 nitrogen and oxygen atoms in total. The van der Waals surface area contributed by atoms with Gasteiger partial charge in [-0.15, -0.1) is 0 Å². The van der Waals surface area contributed by atoms with Gasteiger partial charge in [0, 0.05) is 6.54 Å². The summed E-state index contributed by atoms with van der Waals surface area (Å²) in [6.45, 7) is 3.55. The molecule has 1 fully saturated rings. The van der Waals surface area contributed by atoms with Crippen LogP contribution in [0.3, 0.4) is 0 Å². The van der Waals surface area contributed by atoms with Gasteiger partial charge in [-0.25, -0.2) is 0 Å². The highest BCUT2D eigenvalue weighted by atomic mass is 79.9. The predicted octanol–water partition coefficient (Wildman–Crippen LogP) is 3.88. The van der Waals surface area contributed by atoms with Gasteiger partial charge >= 0.3 is 0 Å². The second-order valence-corrected chi connectivity index (χ2v) is 6.58. The Morgan fingerprint density at radius 2 is 2.00 bits per heavy atom. The zero-order valence-electron chi connectivity index (χ0n) is 11.2. The van der Waals surface area contributed by atoms with Crippen molar-refractivity contribution in [1.29, 1.82) is 0 Å². The van der Waals surface area contributed by atoms with Gasteiger partial charge in [-0.2, -0.15) is 0 Å². The number of benzene rings is 1. The molecular formula is C14H19Br2NO2. The SMILES string of the molecule is CNCc1cc(Br)c(OCC2CCC(C)O2)c(Br)c1. The molecule has 19 heavy (non-hydrogen) atoms. The van der Waals surface area contributed by atoms with Crippen LogP contribution in [0, 0.1) is 0 Å². The number of rotatable bonds is 5. The van der Waals surface area contributed by atoms with E-state index in [0.717, 1.165) is 34.1 Å². The summed E-state index contributed by atoms with van der Waals surface area (Å²) in [5.74, 6) is 0.850. The Balaban J connectivity index is 2.00. The smallest absolute Gasteiger partial charge is 0.147 e. The van der Waals surface area contributed by atoms with E-state index in [1.54, 1.807) is 0 Å². The molecule has 0 aromatic heterocycles. The lowest BCUT2D eigenvalue weighted by Crippen LogP contribution is -2.18. The third-order valence-electron chi connectivity index (χ3n) is 3.17. The topological polar surface area (TPSA) is 30.5 Å². The van der Waals surface area contributed by atoms with Crippen molar-refractivity contribution in [2.24, 2.45) is 0 Å². The van der Waals surface area contributed by atoms with Crippen LogP contribution in [-0.4, -0.2) is 25.9 Å². The lowest BCUT2D eigenvalue weighted by atomic mass is 10.2. The number of ether oxygens (including phenoxy) is 2. The molecule has 1 aromatic carbocycles. The van der Waals surface area contributed by atoms with Crippen LogP contribution in [0.4, 0.5) is 0 Å². The minimum atomic E-state index is 0.214. The van der Waals surface area contributed by atoms with E-state index in [-0.39, 0.29) is 6.10 Å². The average Bonchev–Trinajstić information content (AvgIpc) is 2.74. The van der Waals surface area contributed by atoms with Crippen molar-refractivity contribution in [3.8, 4) is 5.75 Å². The van der Waals surface area contributed by atoms with Gasteiger partial charge < -0.3 is 14.8 Å². The first-order valence-electron chi connectivity index (χ1n) is 6.51. The second kappa shape index (κ2) is 7.07. The fraction of sp³-hybridized carbons (Fsp3) is 0.571. The van der Waals surface area contributed by atoms with E-state index in [1.165, 1.54) is 5.56 Å². The third-order valence-corrected chi connectivity index (χ3v) is 4.35. The lowest BCUT2D eigenvalue weighted by molar-refractivity contribution is 0.0261. The summed E-state index contributed by atoms with van der Waals surface area (Å²) >= 11 is 7.13. The van der Waals surface area contributed by atoms with Crippen molar-refractivity contribution in [3.05, 3.63) is 26.6 Å². The van der Waals surface area contributed by atoms with Gasteiger partial charge in [0.15, 0.2) is 0 Å². The molecule has 2 unspecified atom stereocenters. The first-order valence-corrected chi connectivity index (χ1v) is 8.09. The fourth-order valence-electron chi connectivity index (χ4n) is 2.24. The highest BCUT2D eigenvalue weighted by molar-refractivity contribution is 9.11. The van der Waals surface area contributed by atoms with Gasteiger partial charge in [0.2, 0.25) is 0 Å².